The minimum Gasteiger partial charge on any atom is -0.313 e. The van der Waals surface area contributed by atoms with Gasteiger partial charge in [-0.15, -0.1) is 0 Å². The molecular weight excluding hydrogens is 246 g/mol. The van der Waals surface area contributed by atoms with E-state index >= 15 is 0 Å². The summed E-state index contributed by atoms with van der Waals surface area (Å²) in [7, 11) is 0. The Balaban J connectivity index is 1.98. The molecule has 0 fully saturated rings. The Morgan fingerprint density at radius 1 is 1.26 bits per heavy atom. The number of nitrogens with one attached hydrogen (secondary N) is 1. The number of H-pyrrole nitrogens is 1. The lowest BCUT2D eigenvalue weighted by atomic mass is 10.0. The van der Waals surface area contributed by atoms with Crippen molar-refractivity contribution in [2.75, 3.05) is 0 Å². The maximum absolute atomic E-state index is 11.6. The molecule has 0 spiro atoms. The molecule has 0 bridgehead atoms. The van der Waals surface area contributed by atoms with Crippen molar-refractivity contribution in [3.63, 3.8) is 0 Å². The molecule has 2 aromatic rings. The number of hydrogen-bond acceptors (Lipinski definition) is 4. The molecule has 0 saturated carbocycles. The van der Waals surface area contributed by atoms with Gasteiger partial charge >= 0.3 is 0 Å². The van der Waals surface area contributed by atoms with Crippen molar-refractivity contribution in [1.29, 1.82) is 0 Å². The lowest BCUT2D eigenvalue weighted by Gasteiger charge is -2.01. The maximum Gasteiger partial charge on any atom is 0.269 e. The molecule has 19 heavy (non-hydrogen) atoms. The van der Waals surface area contributed by atoms with Crippen molar-refractivity contribution >= 4 is 17.3 Å². The van der Waals surface area contributed by atoms with Gasteiger partial charge in [0.25, 0.3) is 11.2 Å². The van der Waals surface area contributed by atoms with Crippen LogP contribution in [0.25, 0.3) is 11.6 Å². The molecule has 6 nitrogen and oxygen atoms in total. The Bertz CT molecular complexity index is 744. The lowest BCUT2D eigenvalue weighted by molar-refractivity contribution is -0.384. The zero-order valence-electron chi connectivity index (χ0n) is 9.79. The third-order valence-electron chi connectivity index (χ3n) is 3.10. The van der Waals surface area contributed by atoms with E-state index in [9.17, 15) is 14.9 Å². The molecule has 0 amide bonds. The number of nitrogens with zero attached hydrogens (tertiary/aromatic N) is 2. The zero-order chi connectivity index (χ0) is 13.4. The number of benzene rings is 1. The Morgan fingerprint density at radius 2 is 2.00 bits per heavy atom. The van der Waals surface area contributed by atoms with Crippen molar-refractivity contribution in [3.05, 3.63) is 67.9 Å². The Kier molecular flexibility index (Phi) is 2.49. The van der Waals surface area contributed by atoms with E-state index in [0.29, 0.717) is 12.0 Å². The minimum absolute atomic E-state index is 0.0517. The van der Waals surface area contributed by atoms with Crippen LogP contribution in [0.4, 0.5) is 5.69 Å². The van der Waals surface area contributed by atoms with Crippen LogP contribution in [0.2, 0.25) is 0 Å². The molecule has 1 aromatic heterocycles. The third kappa shape index (κ3) is 1.93. The Labute approximate surface area is 107 Å². The number of hydrogen-bond donors (Lipinski definition) is 1. The summed E-state index contributed by atoms with van der Waals surface area (Å²) in [6.45, 7) is 0. The lowest BCUT2D eigenvalue weighted by Crippen LogP contribution is -2.10. The minimum atomic E-state index is -0.437. The Morgan fingerprint density at radius 3 is 2.63 bits per heavy atom. The molecule has 0 unspecified atom stereocenters. The fraction of sp³-hybridized carbons (Fsp3) is 0.0769. The van der Waals surface area contributed by atoms with Crippen LogP contribution in [-0.2, 0) is 6.42 Å². The van der Waals surface area contributed by atoms with Crippen LogP contribution in [0.3, 0.4) is 0 Å². The first-order valence-corrected chi connectivity index (χ1v) is 5.67. The second-order valence-corrected chi connectivity index (χ2v) is 4.24. The summed E-state index contributed by atoms with van der Waals surface area (Å²) in [5.41, 5.74) is 2.99. The fourth-order valence-corrected chi connectivity index (χ4v) is 2.13. The number of aromatic amines is 1. The molecule has 6 heteroatoms. The van der Waals surface area contributed by atoms with Gasteiger partial charge in [0, 0.05) is 18.6 Å². The molecule has 1 aliphatic carbocycles. The van der Waals surface area contributed by atoms with E-state index < -0.39 is 4.92 Å². The van der Waals surface area contributed by atoms with Crippen LogP contribution >= 0.6 is 0 Å². The number of non-ortho nitro benzene ring substituents is 1. The van der Waals surface area contributed by atoms with Gasteiger partial charge in [0.05, 0.1) is 22.5 Å². The number of fused-ring (bicyclic) bond motifs is 1. The van der Waals surface area contributed by atoms with Gasteiger partial charge in [-0.1, -0.05) is 0 Å². The van der Waals surface area contributed by atoms with Crippen molar-refractivity contribution in [2.45, 2.75) is 6.42 Å². The van der Waals surface area contributed by atoms with Gasteiger partial charge in [-0.25, -0.2) is 4.98 Å². The largest absolute Gasteiger partial charge is 0.313 e. The summed E-state index contributed by atoms with van der Waals surface area (Å²) in [5.74, 6) is 0. The van der Waals surface area contributed by atoms with Crippen LogP contribution in [0.1, 0.15) is 16.8 Å². The first-order chi connectivity index (χ1) is 9.15. The van der Waals surface area contributed by atoms with Crippen molar-refractivity contribution in [2.24, 2.45) is 0 Å². The summed E-state index contributed by atoms with van der Waals surface area (Å²) in [4.78, 5) is 28.4. The second-order valence-electron chi connectivity index (χ2n) is 4.24. The molecule has 94 valence electrons. The third-order valence-corrected chi connectivity index (χ3v) is 3.10. The number of allylic oxidation sites excluding steroid dienone is 1. The van der Waals surface area contributed by atoms with Gasteiger partial charge in [0.2, 0.25) is 0 Å². The van der Waals surface area contributed by atoms with Crippen molar-refractivity contribution in [3.8, 4) is 0 Å². The number of nitro groups is 1. The molecule has 1 heterocycles. The van der Waals surface area contributed by atoms with E-state index in [2.05, 4.69) is 9.97 Å². The van der Waals surface area contributed by atoms with Gasteiger partial charge in [-0.2, -0.15) is 0 Å². The summed E-state index contributed by atoms with van der Waals surface area (Å²) < 4.78 is 0. The molecule has 0 radical (unpaired) electrons. The van der Waals surface area contributed by atoms with E-state index in [4.69, 9.17) is 0 Å². The monoisotopic (exact) mass is 255 g/mol. The fourth-order valence-electron chi connectivity index (χ4n) is 2.13. The number of nitro benzene ring substituents is 1. The van der Waals surface area contributed by atoms with Crippen molar-refractivity contribution < 1.29 is 4.92 Å². The average molecular weight is 255 g/mol. The van der Waals surface area contributed by atoms with Crippen LogP contribution in [-0.4, -0.2) is 14.9 Å². The highest BCUT2D eigenvalue weighted by atomic mass is 16.6. The van der Waals surface area contributed by atoms with Gasteiger partial charge in [0.1, 0.15) is 0 Å². The first kappa shape index (κ1) is 11.3. The quantitative estimate of drug-likeness (QED) is 0.654. The molecule has 1 aromatic carbocycles. The zero-order valence-corrected chi connectivity index (χ0v) is 9.79. The summed E-state index contributed by atoms with van der Waals surface area (Å²) >= 11 is 0. The molecular formula is C13H9N3O3. The Hall–Kier alpha value is -2.76. The number of rotatable bonds is 2. The predicted octanol–water partition coefficient (Wildman–Crippen LogP) is 1.77. The van der Waals surface area contributed by atoms with E-state index in [-0.39, 0.29) is 11.2 Å². The standard InChI is InChI=1S/C13H9N3O3/c17-13-11-5-9(6-12(11)14-7-15-13)8-1-3-10(4-2-8)16(18)19/h1-5,7H,6H2,(H,14,15,17). The normalized spacial score (nSPS) is 12.9. The van der Waals surface area contributed by atoms with Crippen molar-refractivity contribution in [1.82, 2.24) is 9.97 Å². The predicted molar refractivity (Wildman–Crippen MR) is 69.5 cm³/mol. The highest BCUT2D eigenvalue weighted by Gasteiger charge is 2.18. The first-order valence-electron chi connectivity index (χ1n) is 5.67. The average Bonchev–Trinajstić information content (AvgIpc) is 2.84. The molecule has 0 atom stereocenters. The molecule has 3 rings (SSSR count). The topological polar surface area (TPSA) is 88.9 Å². The smallest absolute Gasteiger partial charge is 0.269 e. The van der Waals surface area contributed by atoms with E-state index in [0.717, 1.165) is 16.8 Å². The summed E-state index contributed by atoms with van der Waals surface area (Å²) in [6.07, 6.45) is 3.73. The second kappa shape index (κ2) is 4.16. The van der Waals surface area contributed by atoms with Crippen LogP contribution < -0.4 is 5.56 Å². The molecule has 1 N–H and O–H groups in total. The number of aromatic nitrogens is 2. The molecule has 0 aliphatic heterocycles. The molecule has 1 aliphatic rings. The molecule has 0 saturated heterocycles. The van der Waals surface area contributed by atoms with Gasteiger partial charge in [0.15, 0.2) is 0 Å². The van der Waals surface area contributed by atoms with Crippen LogP contribution in [0.15, 0.2) is 35.4 Å². The van der Waals surface area contributed by atoms with Crippen LogP contribution in [0.5, 0.6) is 0 Å². The SMILES string of the molecule is O=c1[nH]cnc2c1C=C(c1ccc([N+](=O)[O-])cc1)C2. The van der Waals surface area contributed by atoms with E-state index in [1.54, 1.807) is 18.2 Å². The summed E-state index contributed by atoms with van der Waals surface area (Å²) in [5, 5.41) is 10.6. The van der Waals surface area contributed by atoms with Crippen LogP contribution in [0, 0.1) is 10.1 Å². The van der Waals surface area contributed by atoms with Gasteiger partial charge < -0.3 is 4.98 Å². The van der Waals surface area contributed by atoms with Gasteiger partial charge in [-0.3, -0.25) is 14.9 Å². The maximum atomic E-state index is 11.6. The van der Waals surface area contributed by atoms with Gasteiger partial charge in [-0.05, 0) is 29.3 Å². The highest BCUT2D eigenvalue weighted by Crippen LogP contribution is 2.29. The van der Waals surface area contributed by atoms with E-state index in [1.807, 2.05) is 0 Å². The van der Waals surface area contributed by atoms with E-state index in [1.165, 1.54) is 18.5 Å². The highest BCUT2D eigenvalue weighted by molar-refractivity contribution is 5.87. The summed E-state index contributed by atoms with van der Waals surface area (Å²) in [6, 6.07) is 6.28.